The molecule has 3 rings (SSSR count). The Kier molecular flexibility index (Phi) is 7.52. The number of anilines is 2. The lowest BCUT2D eigenvalue weighted by Gasteiger charge is -2.30. The van der Waals surface area contributed by atoms with Gasteiger partial charge in [0.05, 0.1) is 16.3 Å². The fraction of sp³-hybridized carbons (Fsp3) is 0.391. The van der Waals surface area contributed by atoms with Gasteiger partial charge in [0.2, 0.25) is 21.8 Å². The lowest BCUT2D eigenvalue weighted by molar-refractivity contribution is -0.116. The SMILES string of the molecule is Cc1ccc(S(=O)(=O)NCCC(=O)Nc2cc(C(N)=O)ccc2N2CCCCC2)cc1C. The maximum Gasteiger partial charge on any atom is 0.248 e. The maximum atomic E-state index is 12.6. The number of sulfonamides is 1. The van der Waals surface area contributed by atoms with Crippen LogP contribution >= 0.6 is 0 Å². The number of aryl methyl sites for hydroxylation is 2. The molecule has 1 aliphatic heterocycles. The van der Waals surface area contributed by atoms with Crippen molar-refractivity contribution in [3.8, 4) is 0 Å². The standard InChI is InChI=1S/C23H30N4O4S/c1-16-6-8-19(14-17(16)2)32(30,31)25-11-10-22(28)26-20-15-18(23(24)29)7-9-21(20)27-12-4-3-5-13-27/h6-9,14-15,25H,3-5,10-13H2,1-2H3,(H2,24,29)(H,26,28). The van der Waals surface area contributed by atoms with Crippen molar-refractivity contribution in [2.45, 2.75) is 44.4 Å². The highest BCUT2D eigenvalue weighted by Crippen LogP contribution is 2.30. The number of primary amides is 1. The Bertz CT molecular complexity index is 1110. The Labute approximate surface area is 189 Å². The van der Waals surface area contributed by atoms with Crippen molar-refractivity contribution in [3.05, 3.63) is 53.1 Å². The van der Waals surface area contributed by atoms with Gasteiger partial charge in [-0.05, 0) is 74.6 Å². The molecule has 0 radical (unpaired) electrons. The number of nitrogens with zero attached hydrogens (tertiary/aromatic N) is 1. The molecule has 2 aromatic carbocycles. The molecule has 0 saturated carbocycles. The average molecular weight is 459 g/mol. The van der Waals surface area contributed by atoms with Crippen LogP contribution in [-0.4, -0.2) is 39.9 Å². The van der Waals surface area contributed by atoms with Crippen LogP contribution in [0, 0.1) is 13.8 Å². The summed E-state index contributed by atoms with van der Waals surface area (Å²) in [4.78, 5) is 26.5. The third-order valence-corrected chi connectivity index (χ3v) is 7.14. The largest absolute Gasteiger partial charge is 0.370 e. The summed E-state index contributed by atoms with van der Waals surface area (Å²) in [6.07, 6.45) is 3.24. The van der Waals surface area contributed by atoms with Crippen molar-refractivity contribution >= 4 is 33.2 Å². The van der Waals surface area contributed by atoms with Crippen molar-refractivity contribution in [1.29, 1.82) is 0 Å². The minimum absolute atomic E-state index is 0.0460. The lowest BCUT2D eigenvalue weighted by Crippen LogP contribution is -2.31. The first-order valence-corrected chi connectivity index (χ1v) is 12.2. The maximum absolute atomic E-state index is 12.6. The van der Waals surface area contributed by atoms with Crippen LogP contribution in [0.2, 0.25) is 0 Å². The van der Waals surface area contributed by atoms with Gasteiger partial charge in [-0.3, -0.25) is 9.59 Å². The minimum atomic E-state index is -3.71. The fourth-order valence-electron chi connectivity index (χ4n) is 3.68. The lowest BCUT2D eigenvalue weighted by atomic mass is 10.1. The van der Waals surface area contributed by atoms with Crippen LogP contribution in [0.25, 0.3) is 0 Å². The topological polar surface area (TPSA) is 122 Å². The van der Waals surface area contributed by atoms with Gasteiger partial charge in [0, 0.05) is 31.6 Å². The quantitative estimate of drug-likeness (QED) is 0.561. The Morgan fingerprint density at radius 2 is 1.72 bits per heavy atom. The number of rotatable bonds is 8. The number of benzene rings is 2. The van der Waals surface area contributed by atoms with E-state index in [1.807, 2.05) is 13.8 Å². The van der Waals surface area contributed by atoms with Gasteiger partial charge in [0.25, 0.3) is 0 Å². The predicted molar refractivity (Wildman–Crippen MR) is 125 cm³/mol. The average Bonchev–Trinajstić information content (AvgIpc) is 2.76. The highest BCUT2D eigenvalue weighted by Gasteiger charge is 2.19. The highest BCUT2D eigenvalue weighted by molar-refractivity contribution is 7.89. The third-order valence-electron chi connectivity index (χ3n) is 5.68. The van der Waals surface area contributed by atoms with Crippen LogP contribution in [0.1, 0.15) is 47.2 Å². The van der Waals surface area contributed by atoms with Gasteiger partial charge in [0.1, 0.15) is 0 Å². The van der Waals surface area contributed by atoms with E-state index in [1.54, 1.807) is 36.4 Å². The first-order valence-electron chi connectivity index (χ1n) is 10.7. The summed E-state index contributed by atoms with van der Waals surface area (Å²) in [6.45, 7) is 5.45. The summed E-state index contributed by atoms with van der Waals surface area (Å²) in [5, 5.41) is 2.82. The van der Waals surface area contributed by atoms with Gasteiger partial charge in [-0.25, -0.2) is 13.1 Å². The molecule has 0 unspecified atom stereocenters. The number of piperidine rings is 1. The number of hydrogen-bond acceptors (Lipinski definition) is 5. The minimum Gasteiger partial charge on any atom is -0.370 e. The number of nitrogens with two attached hydrogens (primary N) is 1. The zero-order chi connectivity index (χ0) is 23.3. The molecule has 0 spiro atoms. The third kappa shape index (κ3) is 5.86. The molecule has 0 atom stereocenters. The molecular weight excluding hydrogens is 428 g/mol. The van der Waals surface area contributed by atoms with Gasteiger partial charge in [-0.1, -0.05) is 6.07 Å². The Morgan fingerprint density at radius 1 is 1.00 bits per heavy atom. The summed E-state index contributed by atoms with van der Waals surface area (Å²) in [7, 11) is -3.71. The Morgan fingerprint density at radius 3 is 2.38 bits per heavy atom. The van der Waals surface area contributed by atoms with Crippen molar-refractivity contribution in [2.75, 3.05) is 29.9 Å². The van der Waals surface area contributed by atoms with E-state index in [0.29, 0.717) is 11.3 Å². The number of hydrogen-bond donors (Lipinski definition) is 3. The van der Waals surface area contributed by atoms with Crippen LogP contribution in [0.3, 0.4) is 0 Å². The molecule has 0 bridgehead atoms. The van der Waals surface area contributed by atoms with Gasteiger partial charge in [-0.15, -0.1) is 0 Å². The fourth-order valence-corrected chi connectivity index (χ4v) is 4.79. The van der Waals surface area contributed by atoms with E-state index in [-0.39, 0.29) is 23.8 Å². The van der Waals surface area contributed by atoms with Gasteiger partial charge >= 0.3 is 0 Å². The van der Waals surface area contributed by atoms with Gasteiger partial charge in [0.15, 0.2) is 0 Å². The zero-order valence-electron chi connectivity index (χ0n) is 18.5. The molecule has 8 nitrogen and oxygen atoms in total. The molecule has 32 heavy (non-hydrogen) atoms. The normalized spacial score (nSPS) is 14.2. The van der Waals surface area contributed by atoms with Crippen LogP contribution in [0.4, 0.5) is 11.4 Å². The molecule has 2 aromatic rings. The number of nitrogens with one attached hydrogen (secondary N) is 2. The first-order chi connectivity index (χ1) is 15.2. The second kappa shape index (κ2) is 10.1. The Hall–Kier alpha value is -2.91. The molecule has 1 aliphatic rings. The summed E-state index contributed by atoms with van der Waals surface area (Å²) in [5.41, 5.74) is 8.93. The molecule has 4 N–H and O–H groups in total. The first kappa shape index (κ1) is 23.7. The molecule has 0 aliphatic carbocycles. The van der Waals surface area contributed by atoms with E-state index in [4.69, 9.17) is 5.73 Å². The summed E-state index contributed by atoms with van der Waals surface area (Å²) in [6, 6.07) is 9.93. The molecule has 1 fully saturated rings. The van der Waals surface area contributed by atoms with E-state index in [0.717, 1.165) is 49.2 Å². The van der Waals surface area contributed by atoms with E-state index < -0.39 is 15.9 Å². The number of carbonyl (C=O) groups is 2. The van der Waals surface area contributed by atoms with Crippen molar-refractivity contribution in [3.63, 3.8) is 0 Å². The van der Waals surface area contributed by atoms with Crippen molar-refractivity contribution < 1.29 is 18.0 Å². The van der Waals surface area contributed by atoms with E-state index >= 15 is 0 Å². The summed E-state index contributed by atoms with van der Waals surface area (Å²) >= 11 is 0. The molecule has 172 valence electrons. The second-order valence-corrected chi connectivity index (χ2v) is 9.85. The molecule has 1 heterocycles. The van der Waals surface area contributed by atoms with Crippen molar-refractivity contribution in [1.82, 2.24) is 4.72 Å². The monoisotopic (exact) mass is 458 g/mol. The van der Waals surface area contributed by atoms with E-state index in [1.165, 1.54) is 0 Å². The smallest absolute Gasteiger partial charge is 0.248 e. The van der Waals surface area contributed by atoms with Crippen molar-refractivity contribution in [2.24, 2.45) is 5.73 Å². The van der Waals surface area contributed by atoms with Crippen LogP contribution in [-0.2, 0) is 14.8 Å². The second-order valence-electron chi connectivity index (χ2n) is 8.09. The van der Waals surface area contributed by atoms with Gasteiger partial charge < -0.3 is 16.0 Å². The van der Waals surface area contributed by atoms with Gasteiger partial charge in [-0.2, -0.15) is 0 Å². The number of carbonyl (C=O) groups excluding carboxylic acids is 2. The Balaban J connectivity index is 1.66. The van der Waals surface area contributed by atoms with Crippen LogP contribution in [0.15, 0.2) is 41.3 Å². The predicted octanol–water partition coefficient (Wildman–Crippen LogP) is 2.70. The highest BCUT2D eigenvalue weighted by atomic mass is 32.2. The number of amides is 2. The van der Waals surface area contributed by atoms with E-state index in [2.05, 4.69) is 14.9 Å². The molecule has 1 saturated heterocycles. The van der Waals surface area contributed by atoms with Crippen LogP contribution < -0.4 is 20.7 Å². The zero-order valence-corrected chi connectivity index (χ0v) is 19.3. The molecular formula is C23H30N4O4S. The molecule has 0 aromatic heterocycles. The summed E-state index contributed by atoms with van der Waals surface area (Å²) < 4.78 is 27.5. The molecule has 2 amide bonds. The van der Waals surface area contributed by atoms with E-state index in [9.17, 15) is 18.0 Å². The van der Waals surface area contributed by atoms with Crippen LogP contribution in [0.5, 0.6) is 0 Å². The summed E-state index contributed by atoms with van der Waals surface area (Å²) in [5.74, 6) is -0.931. The molecule has 9 heteroatoms.